The van der Waals surface area contributed by atoms with E-state index in [9.17, 15) is 4.79 Å². The van der Waals surface area contributed by atoms with Crippen LogP contribution in [0.1, 0.15) is 42.5 Å². The van der Waals surface area contributed by atoms with Crippen LogP contribution in [0.3, 0.4) is 0 Å². The highest BCUT2D eigenvalue weighted by Gasteiger charge is 2.35. The van der Waals surface area contributed by atoms with E-state index in [0.29, 0.717) is 23.7 Å². The molecule has 2 aromatic heterocycles. The number of ether oxygens (including phenoxy) is 2. The molecule has 1 aromatic carbocycles. The Morgan fingerprint density at radius 2 is 2.00 bits per heavy atom. The largest absolute Gasteiger partial charge is 0.497 e. The van der Waals surface area contributed by atoms with Crippen LogP contribution in [0, 0.1) is 0 Å². The number of nitrogens with zero attached hydrogens (tertiary/aromatic N) is 2. The maximum atomic E-state index is 13.1. The number of carbonyl (C=O) groups is 1. The number of furan rings is 2. The van der Waals surface area contributed by atoms with Gasteiger partial charge < -0.3 is 23.6 Å². The lowest BCUT2D eigenvalue weighted by atomic mass is 10.1. The summed E-state index contributed by atoms with van der Waals surface area (Å²) in [5, 5.41) is 9.28. The van der Waals surface area contributed by atoms with Gasteiger partial charge in [0, 0.05) is 18.0 Å². The highest BCUT2D eigenvalue weighted by atomic mass is 16.5. The van der Waals surface area contributed by atoms with Crippen LogP contribution >= 0.6 is 0 Å². The van der Waals surface area contributed by atoms with Gasteiger partial charge in [0.15, 0.2) is 0 Å². The zero-order valence-electron chi connectivity index (χ0n) is 17.7. The lowest BCUT2D eigenvalue weighted by Crippen LogP contribution is -2.36. The van der Waals surface area contributed by atoms with Gasteiger partial charge in [0.25, 0.3) is 5.91 Å². The van der Waals surface area contributed by atoms with Crippen LogP contribution in [0.5, 0.6) is 11.5 Å². The molecule has 0 fully saturated rings. The molecule has 1 N–H and O–H groups in total. The van der Waals surface area contributed by atoms with Crippen LogP contribution in [0.25, 0.3) is 0 Å². The second kappa shape index (κ2) is 9.09. The van der Waals surface area contributed by atoms with Gasteiger partial charge in [-0.2, -0.15) is 5.10 Å². The van der Waals surface area contributed by atoms with Gasteiger partial charge in [-0.3, -0.25) is 4.79 Å². The molecule has 0 radical (unpaired) electrons. The van der Waals surface area contributed by atoms with Crippen LogP contribution in [-0.2, 0) is 4.79 Å². The first kappa shape index (κ1) is 20.7. The summed E-state index contributed by atoms with van der Waals surface area (Å²) in [6.07, 6.45) is 3.71. The van der Waals surface area contributed by atoms with Crippen LogP contribution in [0.15, 0.2) is 68.9 Å². The zero-order valence-corrected chi connectivity index (χ0v) is 17.7. The summed E-state index contributed by atoms with van der Waals surface area (Å²) in [7, 11) is 3.23. The average molecular weight is 423 g/mol. The van der Waals surface area contributed by atoms with E-state index in [-0.39, 0.29) is 24.5 Å². The molecule has 0 saturated carbocycles. The van der Waals surface area contributed by atoms with Crippen molar-refractivity contribution in [3.63, 3.8) is 0 Å². The van der Waals surface area contributed by atoms with Crippen LogP contribution < -0.4 is 14.8 Å². The third-order valence-corrected chi connectivity index (χ3v) is 5.31. The number of benzene rings is 1. The summed E-state index contributed by atoms with van der Waals surface area (Å²) in [5.74, 6) is 2.61. The third kappa shape index (κ3) is 4.34. The van der Waals surface area contributed by atoms with Gasteiger partial charge in [-0.05, 0) is 49.4 Å². The molecule has 1 aliphatic heterocycles. The van der Waals surface area contributed by atoms with Gasteiger partial charge in [0.2, 0.25) is 0 Å². The predicted octanol–water partition coefficient (Wildman–Crippen LogP) is 3.92. The first-order valence-electron chi connectivity index (χ1n) is 10.0. The van der Waals surface area contributed by atoms with Crippen molar-refractivity contribution in [2.45, 2.75) is 25.4 Å². The van der Waals surface area contributed by atoms with E-state index >= 15 is 0 Å². The standard InChI is InChI=1S/C23H25N3O5/c1-15(17-12-16(28-2)8-9-20(17)29-3)24-14-23(27)26-19(22-7-5-11-31-22)13-18(25-26)21-6-4-10-30-21/h4-12,15,19,24H,13-14H2,1-3H3. The molecule has 1 aliphatic rings. The maximum Gasteiger partial charge on any atom is 0.257 e. The fourth-order valence-electron chi connectivity index (χ4n) is 3.64. The second-order valence-corrected chi connectivity index (χ2v) is 7.21. The Balaban J connectivity index is 1.50. The molecule has 3 heterocycles. The highest BCUT2D eigenvalue weighted by molar-refractivity contribution is 6.01. The molecule has 0 aliphatic carbocycles. The number of hydrogen-bond acceptors (Lipinski definition) is 7. The Morgan fingerprint density at radius 1 is 1.19 bits per heavy atom. The number of carbonyl (C=O) groups excluding carboxylic acids is 1. The number of rotatable bonds is 8. The molecule has 1 amide bonds. The minimum Gasteiger partial charge on any atom is -0.497 e. The van der Waals surface area contributed by atoms with E-state index in [2.05, 4.69) is 10.4 Å². The summed E-state index contributed by atoms with van der Waals surface area (Å²) < 4.78 is 21.8. The zero-order chi connectivity index (χ0) is 21.8. The number of hydrazone groups is 1. The van der Waals surface area contributed by atoms with Crippen molar-refractivity contribution < 1.29 is 23.1 Å². The fraction of sp³-hybridized carbons (Fsp3) is 0.304. The third-order valence-electron chi connectivity index (χ3n) is 5.31. The summed E-state index contributed by atoms with van der Waals surface area (Å²) in [5.41, 5.74) is 1.61. The van der Waals surface area contributed by atoms with Gasteiger partial charge in [0.1, 0.15) is 34.8 Å². The molecule has 2 atom stereocenters. The van der Waals surface area contributed by atoms with E-state index < -0.39 is 0 Å². The first-order chi connectivity index (χ1) is 15.1. The van der Waals surface area contributed by atoms with Crippen molar-refractivity contribution in [3.05, 3.63) is 72.1 Å². The number of methoxy groups -OCH3 is 2. The fourth-order valence-corrected chi connectivity index (χ4v) is 3.64. The highest BCUT2D eigenvalue weighted by Crippen LogP contribution is 2.33. The molecule has 0 bridgehead atoms. The Kier molecular flexibility index (Phi) is 6.08. The SMILES string of the molecule is COc1ccc(OC)c(C(C)NCC(=O)N2N=C(c3ccco3)CC2c2ccco2)c1. The number of amides is 1. The normalized spacial score (nSPS) is 16.8. The molecule has 8 heteroatoms. The maximum absolute atomic E-state index is 13.1. The minimum absolute atomic E-state index is 0.0909. The van der Waals surface area contributed by atoms with Crippen molar-refractivity contribution in [1.29, 1.82) is 0 Å². The van der Waals surface area contributed by atoms with E-state index in [4.69, 9.17) is 18.3 Å². The second-order valence-electron chi connectivity index (χ2n) is 7.21. The Morgan fingerprint density at radius 3 is 2.68 bits per heavy atom. The summed E-state index contributed by atoms with van der Waals surface area (Å²) >= 11 is 0. The van der Waals surface area contributed by atoms with Crippen molar-refractivity contribution >= 4 is 11.6 Å². The van der Waals surface area contributed by atoms with Crippen molar-refractivity contribution in [2.75, 3.05) is 20.8 Å². The molecule has 8 nitrogen and oxygen atoms in total. The molecule has 0 spiro atoms. The van der Waals surface area contributed by atoms with Crippen LogP contribution in [0.4, 0.5) is 0 Å². The van der Waals surface area contributed by atoms with E-state index in [1.807, 2.05) is 37.3 Å². The molecule has 3 aromatic rings. The summed E-state index contributed by atoms with van der Waals surface area (Å²) in [6.45, 7) is 2.06. The lowest BCUT2D eigenvalue weighted by Gasteiger charge is -2.22. The molecule has 2 unspecified atom stereocenters. The summed E-state index contributed by atoms with van der Waals surface area (Å²) in [4.78, 5) is 13.1. The van der Waals surface area contributed by atoms with E-state index in [1.54, 1.807) is 38.9 Å². The van der Waals surface area contributed by atoms with Gasteiger partial charge in [-0.15, -0.1) is 0 Å². The number of hydrogen-bond donors (Lipinski definition) is 1. The minimum atomic E-state index is -0.314. The lowest BCUT2D eigenvalue weighted by molar-refractivity contribution is -0.132. The summed E-state index contributed by atoms with van der Waals surface area (Å²) in [6, 6.07) is 12.4. The van der Waals surface area contributed by atoms with Gasteiger partial charge >= 0.3 is 0 Å². The monoisotopic (exact) mass is 423 g/mol. The molecular formula is C23H25N3O5. The first-order valence-corrected chi connectivity index (χ1v) is 10.0. The number of nitrogens with one attached hydrogen (secondary N) is 1. The van der Waals surface area contributed by atoms with Crippen molar-refractivity contribution in [2.24, 2.45) is 5.10 Å². The van der Waals surface area contributed by atoms with Crippen molar-refractivity contribution in [3.8, 4) is 11.5 Å². The van der Waals surface area contributed by atoms with Crippen LogP contribution in [-0.4, -0.2) is 37.4 Å². The van der Waals surface area contributed by atoms with Gasteiger partial charge in [0.05, 0.1) is 33.3 Å². The molecular weight excluding hydrogens is 398 g/mol. The van der Waals surface area contributed by atoms with Gasteiger partial charge in [-0.25, -0.2) is 5.01 Å². The Hall–Kier alpha value is -3.52. The molecule has 4 rings (SSSR count). The predicted molar refractivity (Wildman–Crippen MR) is 114 cm³/mol. The van der Waals surface area contributed by atoms with Crippen LogP contribution in [0.2, 0.25) is 0 Å². The average Bonchev–Trinajstić information content (AvgIpc) is 3.56. The smallest absolute Gasteiger partial charge is 0.257 e. The van der Waals surface area contributed by atoms with Crippen molar-refractivity contribution in [1.82, 2.24) is 10.3 Å². The Bertz CT molecular complexity index is 1040. The van der Waals surface area contributed by atoms with Gasteiger partial charge in [-0.1, -0.05) is 0 Å². The Labute approximate surface area is 180 Å². The van der Waals surface area contributed by atoms with E-state index in [0.717, 1.165) is 17.1 Å². The molecule has 0 saturated heterocycles. The molecule has 31 heavy (non-hydrogen) atoms. The quantitative estimate of drug-likeness (QED) is 0.591. The molecule has 162 valence electrons. The topological polar surface area (TPSA) is 89.4 Å². The van der Waals surface area contributed by atoms with E-state index in [1.165, 1.54) is 5.01 Å².